The van der Waals surface area contributed by atoms with Gasteiger partial charge in [0, 0.05) is 11.3 Å². The van der Waals surface area contributed by atoms with Crippen LogP contribution in [0.3, 0.4) is 0 Å². The topological polar surface area (TPSA) is 50.4 Å². The van der Waals surface area contributed by atoms with Gasteiger partial charge in [-0.25, -0.2) is 0 Å². The van der Waals surface area contributed by atoms with Crippen molar-refractivity contribution in [3.05, 3.63) is 0 Å². The Hall–Kier alpha value is -0.380. The summed E-state index contributed by atoms with van der Waals surface area (Å²) in [6.45, 7) is 6.11. The highest BCUT2D eigenvalue weighted by Crippen LogP contribution is 2.40. The molecule has 1 rings (SSSR count). The molecule has 0 heterocycles. The Kier molecular flexibility index (Phi) is 5.46. The van der Waals surface area contributed by atoms with Gasteiger partial charge in [0.05, 0.1) is 6.54 Å². The van der Waals surface area contributed by atoms with E-state index in [4.69, 9.17) is 5.73 Å². The maximum Gasteiger partial charge on any atom is 0.188 e. The summed E-state index contributed by atoms with van der Waals surface area (Å²) in [5, 5.41) is 3.17. The Bertz CT molecular complexity index is 232. The average molecular weight is 243 g/mol. The summed E-state index contributed by atoms with van der Waals surface area (Å²) < 4.78 is 0.365. The molecule has 0 saturated heterocycles. The van der Waals surface area contributed by atoms with E-state index in [1.165, 1.54) is 25.7 Å². The summed E-state index contributed by atoms with van der Waals surface area (Å²) in [5.41, 5.74) is 5.84. The third kappa shape index (κ3) is 4.24. The number of aliphatic imine (C=N–C) groups is 1. The molecule has 1 saturated carbocycles. The van der Waals surface area contributed by atoms with E-state index in [9.17, 15) is 0 Å². The Morgan fingerprint density at radius 3 is 2.56 bits per heavy atom. The number of rotatable bonds is 5. The van der Waals surface area contributed by atoms with Gasteiger partial charge in [-0.1, -0.05) is 26.7 Å². The molecule has 1 aliphatic carbocycles. The first-order chi connectivity index (χ1) is 7.58. The van der Waals surface area contributed by atoms with Crippen LogP contribution in [0.2, 0.25) is 0 Å². The highest BCUT2D eigenvalue weighted by atomic mass is 32.2. The SMILES string of the molecule is CSC1(CN=C(N)NCC(C)C)CCCC1. The largest absolute Gasteiger partial charge is 0.370 e. The number of nitrogens with zero attached hydrogens (tertiary/aromatic N) is 1. The zero-order valence-corrected chi connectivity index (χ0v) is 11.6. The Balaban J connectivity index is 2.38. The quantitative estimate of drug-likeness (QED) is 0.575. The van der Waals surface area contributed by atoms with Crippen LogP contribution in [-0.4, -0.2) is 30.1 Å². The van der Waals surface area contributed by atoms with Gasteiger partial charge >= 0.3 is 0 Å². The van der Waals surface area contributed by atoms with E-state index in [-0.39, 0.29) is 0 Å². The molecule has 3 nitrogen and oxygen atoms in total. The van der Waals surface area contributed by atoms with Crippen molar-refractivity contribution in [1.82, 2.24) is 5.32 Å². The van der Waals surface area contributed by atoms with Gasteiger partial charge in [-0.15, -0.1) is 0 Å². The summed E-state index contributed by atoms with van der Waals surface area (Å²) in [6.07, 6.45) is 7.45. The van der Waals surface area contributed by atoms with Crippen LogP contribution in [0.25, 0.3) is 0 Å². The fourth-order valence-electron chi connectivity index (χ4n) is 2.04. The molecule has 0 bridgehead atoms. The van der Waals surface area contributed by atoms with Crippen molar-refractivity contribution in [2.45, 2.75) is 44.3 Å². The van der Waals surface area contributed by atoms with Crippen molar-refractivity contribution >= 4 is 17.7 Å². The van der Waals surface area contributed by atoms with Crippen molar-refractivity contribution in [2.75, 3.05) is 19.3 Å². The van der Waals surface area contributed by atoms with E-state index in [1.807, 2.05) is 11.8 Å². The molecule has 3 N–H and O–H groups in total. The van der Waals surface area contributed by atoms with Gasteiger partial charge in [0.15, 0.2) is 5.96 Å². The van der Waals surface area contributed by atoms with E-state index in [0.717, 1.165) is 13.1 Å². The summed E-state index contributed by atoms with van der Waals surface area (Å²) in [6, 6.07) is 0. The highest BCUT2D eigenvalue weighted by Gasteiger charge is 2.32. The number of thioether (sulfide) groups is 1. The van der Waals surface area contributed by atoms with Crippen LogP contribution < -0.4 is 11.1 Å². The zero-order chi connectivity index (χ0) is 12.0. The van der Waals surface area contributed by atoms with E-state index < -0.39 is 0 Å². The highest BCUT2D eigenvalue weighted by molar-refractivity contribution is 8.00. The predicted molar refractivity (Wildman–Crippen MR) is 74.0 cm³/mol. The first kappa shape index (κ1) is 13.7. The summed E-state index contributed by atoms with van der Waals surface area (Å²) in [4.78, 5) is 4.48. The molecular weight excluding hydrogens is 218 g/mol. The molecule has 0 aromatic heterocycles. The smallest absolute Gasteiger partial charge is 0.188 e. The molecule has 94 valence electrons. The van der Waals surface area contributed by atoms with Gasteiger partial charge < -0.3 is 11.1 Å². The molecule has 16 heavy (non-hydrogen) atoms. The number of nitrogens with one attached hydrogen (secondary N) is 1. The number of hydrogen-bond donors (Lipinski definition) is 2. The minimum Gasteiger partial charge on any atom is -0.370 e. The summed E-state index contributed by atoms with van der Waals surface area (Å²) >= 11 is 1.96. The van der Waals surface area contributed by atoms with Gasteiger partial charge in [0.2, 0.25) is 0 Å². The van der Waals surface area contributed by atoms with Gasteiger partial charge in [0.25, 0.3) is 0 Å². The maximum absolute atomic E-state index is 5.84. The first-order valence-corrected chi connectivity index (χ1v) is 7.39. The van der Waals surface area contributed by atoms with Gasteiger partial charge in [-0.3, -0.25) is 4.99 Å². The second-order valence-corrected chi connectivity index (χ2v) is 6.34. The van der Waals surface area contributed by atoms with Crippen molar-refractivity contribution in [3.63, 3.8) is 0 Å². The van der Waals surface area contributed by atoms with Crippen LogP contribution in [0, 0.1) is 5.92 Å². The van der Waals surface area contributed by atoms with Gasteiger partial charge in [-0.05, 0) is 25.0 Å². The van der Waals surface area contributed by atoms with Gasteiger partial charge in [0.1, 0.15) is 0 Å². The minimum absolute atomic E-state index is 0.365. The van der Waals surface area contributed by atoms with Crippen LogP contribution in [-0.2, 0) is 0 Å². The van der Waals surface area contributed by atoms with Crippen molar-refractivity contribution in [1.29, 1.82) is 0 Å². The molecular formula is C12H25N3S. The fraction of sp³-hybridized carbons (Fsp3) is 0.917. The van der Waals surface area contributed by atoms with E-state index in [2.05, 4.69) is 30.4 Å². The Labute approximate surface area is 104 Å². The molecule has 1 aliphatic rings. The Morgan fingerprint density at radius 2 is 2.06 bits per heavy atom. The molecule has 0 amide bonds. The molecule has 0 atom stereocenters. The monoisotopic (exact) mass is 243 g/mol. The van der Waals surface area contributed by atoms with Crippen molar-refractivity contribution in [2.24, 2.45) is 16.6 Å². The third-order valence-corrected chi connectivity index (χ3v) is 4.58. The van der Waals surface area contributed by atoms with Crippen LogP contribution in [0.15, 0.2) is 4.99 Å². The lowest BCUT2D eigenvalue weighted by Gasteiger charge is -2.24. The molecule has 0 aromatic carbocycles. The van der Waals surface area contributed by atoms with Crippen LogP contribution >= 0.6 is 11.8 Å². The summed E-state index contributed by atoms with van der Waals surface area (Å²) in [5.74, 6) is 1.21. The van der Waals surface area contributed by atoms with E-state index in [0.29, 0.717) is 16.6 Å². The number of nitrogens with two attached hydrogens (primary N) is 1. The maximum atomic E-state index is 5.84. The average Bonchev–Trinajstić information content (AvgIpc) is 2.73. The lowest BCUT2D eigenvalue weighted by Crippen LogP contribution is -2.36. The first-order valence-electron chi connectivity index (χ1n) is 6.17. The van der Waals surface area contributed by atoms with Crippen LogP contribution in [0.5, 0.6) is 0 Å². The van der Waals surface area contributed by atoms with Crippen molar-refractivity contribution < 1.29 is 0 Å². The van der Waals surface area contributed by atoms with Crippen LogP contribution in [0.1, 0.15) is 39.5 Å². The summed E-state index contributed by atoms with van der Waals surface area (Å²) in [7, 11) is 0. The normalized spacial score (nSPS) is 20.4. The molecule has 1 fully saturated rings. The minimum atomic E-state index is 0.365. The Morgan fingerprint density at radius 1 is 1.44 bits per heavy atom. The van der Waals surface area contributed by atoms with Gasteiger partial charge in [-0.2, -0.15) is 11.8 Å². The standard InChI is InChI=1S/C12H25N3S/c1-10(2)8-14-11(13)15-9-12(16-3)6-4-5-7-12/h10H,4-9H2,1-3H3,(H3,13,14,15). The number of guanidine groups is 1. The molecule has 0 aromatic rings. The van der Waals surface area contributed by atoms with E-state index >= 15 is 0 Å². The van der Waals surface area contributed by atoms with Crippen LogP contribution in [0.4, 0.5) is 0 Å². The lowest BCUT2D eigenvalue weighted by atomic mass is 10.1. The molecule has 0 radical (unpaired) electrons. The molecule has 0 spiro atoms. The fourth-order valence-corrected chi connectivity index (χ4v) is 2.93. The molecule has 0 aliphatic heterocycles. The van der Waals surface area contributed by atoms with Crippen molar-refractivity contribution in [3.8, 4) is 0 Å². The van der Waals surface area contributed by atoms with E-state index in [1.54, 1.807) is 0 Å². The second kappa shape index (κ2) is 6.38. The third-order valence-electron chi connectivity index (χ3n) is 3.18. The predicted octanol–water partition coefficient (Wildman–Crippen LogP) is 2.22. The second-order valence-electron chi connectivity index (χ2n) is 5.07. The zero-order valence-electron chi connectivity index (χ0n) is 10.8. The molecule has 4 heteroatoms. The lowest BCUT2D eigenvalue weighted by molar-refractivity contribution is 0.605. The molecule has 0 unspecified atom stereocenters. The number of hydrogen-bond acceptors (Lipinski definition) is 2.